The van der Waals surface area contributed by atoms with Crippen LogP contribution < -0.4 is 0 Å². The van der Waals surface area contributed by atoms with Gasteiger partial charge < -0.3 is 4.74 Å². The van der Waals surface area contributed by atoms with Crippen molar-refractivity contribution in [3.63, 3.8) is 0 Å². The first-order valence-electron chi connectivity index (χ1n) is 6.12. The second kappa shape index (κ2) is 8.21. The molecule has 13 heteroatoms. The minimum Gasteiger partial charge on any atom is -0.473 e. The van der Waals surface area contributed by atoms with Crippen LogP contribution in [0, 0.1) is 0 Å². The van der Waals surface area contributed by atoms with E-state index < -0.39 is 49.4 Å². The molecule has 0 bridgehead atoms. The van der Waals surface area contributed by atoms with Crippen LogP contribution in [0.4, 0.5) is 52.7 Å². The maximum Gasteiger partial charge on any atom is 0.369 e. The Kier molecular flexibility index (Phi) is 7.70. The topological polar surface area (TPSA) is 9.23 Å². The molecule has 0 atom stereocenters. The zero-order valence-electron chi connectivity index (χ0n) is 11.8. The van der Waals surface area contributed by atoms with E-state index in [1.54, 1.807) is 0 Å². The molecule has 0 aromatic rings. The van der Waals surface area contributed by atoms with Crippen molar-refractivity contribution in [3.05, 3.63) is 24.7 Å². The highest BCUT2D eigenvalue weighted by atomic mass is 19.4. The van der Waals surface area contributed by atoms with E-state index in [1.165, 1.54) is 0 Å². The van der Waals surface area contributed by atoms with Crippen molar-refractivity contribution in [2.75, 3.05) is 0 Å². The van der Waals surface area contributed by atoms with Crippen LogP contribution >= 0.6 is 0 Å². The molecule has 1 nitrogen and oxygen atoms in total. The van der Waals surface area contributed by atoms with E-state index in [2.05, 4.69) is 4.74 Å². The number of allylic oxidation sites excluding steroid dienone is 2. The summed E-state index contributed by atoms with van der Waals surface area (Å²) in [5, 5.41) is 0. The van der Waals surface area contributed by atoms with Crippen LogP contribution in [-0.4, -0.2) is 36.5 Å². The molecule has 0 heterocycles. The molecular weight excluding hydrogens is 388 g/mol. The first-order chi connectivity index (χ1) is 11.1. The van der Waals surface area contributed by atoms with Crippen molar-refractivity contribution in [2.45, 2.75) is 49.4 Å². The summed E-state index contributed by atoms with van der Waals surface area (Å²) in [5.74, 6) is -21.5. The Labute approximate surface area is 132 Å². The number of rotatable bonds is 10. The number of hydrogen-bond donors (Lipinski definition) is 0. The molecule has 0 radical (unpaired) electrons. The van der Waals surface area contributed by atoms with E-state index >= 15 is 0 Å². The molecule has 0 spiro atoms. The molecule has 0 aliphatic rings. The normalized spacial score (nSPS) is 15.1. The summed E-state index contributed by atoms with van der Waals surface area (Å²) in [6.07, 6.45) is -12.4. The largest absolute Gasteiger partial charge is 0.473 e. The van der Waals surface area contributed by atoms with Gasteiger partial charge in [0, 0.05) is 12.8 Å². The van der Waals surface area contributed by atoms with Gasteiger partial charge in [0.2, 0.25) is 0 Å². The third kappa shape index (κ3) is 5.73. The summed E-state index contributed by atoms with van der Waals surface area (Å²) in [5.41, 5.74) is 0. The second-order valence-corrected chi connectivity index (χ2v) is 4.54. The van der Waals surface area contributed by atoms with Crippen LogP contribution in [0.1, 0.15) is 12.8 Å². The quantitative estimate of drug-likeness (QED) is 0.330. The third-order valence-corrected chi connectivity index (χ3v) is 2.62. The van der Waals surface area contributed by atoms with E-state index in [0.29, 0.717) is 0 Å². The van der Waals surface area contributed by atoms with Crippen molar-refractivity contribution in [1.29, 1.82) is 0 Å². The van der Waals surface area contributed by atoms with Gasteiger partial charge in [-0.1, -0.05) is 0 Å². The predicted octanol–water partition coefficient (Wildman–Crippen LogP) is 5.88. The summed E-state index contributed by atoms with van der Waals surface area (Å²) < 4.78 is 152. The Morgan fingerprint density at radius 1 is 0.600 bits per heavy atom. The summed E-state index contributed by atoms with van der Waals surface area (Å²) in [6, 6.07) is 0. The van der Waals surface area contributed by atoms with Gasteiger partial charge in [-0.25, -0.2) is 17.6 Å². The molecule has 0 aromatic heterocycles. The molecule has 0 saturated carbocycles. The molecule has 0 N–H and O–H groups in total. The van der Waals surface area contributed by atoms with E-state index in [-0.39, 0.29) is 24.7 Å². The minimum absolute atomic E-state index is 0.145. The van der Waals surface area contributed by atoms with Crippen molar-refractivity contribution in [1.82, 2.24) is 0 Å². The predicted molar refractivity (Wildman–Crippen MR) is 60.4 cm³/mol. The fourth-order valence-corrected chi connectivity index (χ4v) is 1.14. The van der Waals surface area contributed by atoms with Crippen LogP contribution in [0.5, 0.6) is 0 Å². The summed E-state index contributed by atoms with van der Waals surface area (Å²) in [4.78, 5) is 0. The summed E-state index contributed by atoms with van der Waals surface area (Å²) in [7, 11) is 0. The molecule has 0 aliphatic heterocycles. The maximum absolute atomic E-state index is 12.8. The molecule has 0 fully saturated rings. The Bertz CT molecular complexity index is 427. The van der Waals surface area contributed by atoms with Gasteiger partial charge >= 0.3 is 36.5 Å². The second-order valence-electron chi connectivity index (χ2n) is 4.54. The van der Waals surface area contributed by atoms with Crippen LogP contribution in [0.15, 0.2) is 24.7 Å². The highest BCUT2D eigenvalue weighted by molar-refractivity contribution is 4.95. The minimum atomic E-state index is -5.63. The van der Waals surface area contributed by atoms with Crippen LogP contribution in [0.25, 0.3) is 0 Å². The fourth-order valence-electron chi connectivity index (χ4n) is 1.14. The number of ether oxygens (including phenoxy) is 1. The molecule has 0 unspecified atom stereocenters. The first kappa shape index (κ1) is 23.4. The Morgan fingerprint density at radius 2 is 0.880 bits per heavy atom. The molecule has 148 valence electrons. The standard InChI is InChI=1S/C12H10F12O/c13-7(14)11(21,22)9(17,18)3-1-5-25-6-2-4-10(19,20)12(23,24)8(15)16/h1-2,5-8H,3-4H2. The Hall–Kier alpha value is -1.56. The molecule has 25 heavy (non-hydrogen) atoms. The van der Waals surface area contributed by atoms with Crippen LogP contribution in [0.2, 0.25) is 0 Å². The first-order valence-corrected chi connectivity index (χ1v) is 6.12. The maximum atomic E-state index is 12.8. The molecule has 0 rings (SSSR count). The van der Waals surface area contributed by atoms with E-state index in [1.807, 2.05) is 0 Å². The summed E-state index contributed by atoms with van der Waals surface area (Å²) >= 11 is 0. The van der Waals surface area contributed by atoms with Crippen molar-refractivity contribution >= 4 is 0 Å². The third-order valence-electron chi connectivity index (χ3n) is 2.62. The highest BCUT2D eigenvalue weighted by Gasteiger charge is 2.62. The summed E-state index contributed by atoms with van der Waals surface area (Å²) in [6.45, 7) is 0. The number of alkyl halides is 12. The van der Waals surface area contributed by atoms with E-state index in [9.17, 15) is 52.7 Å². The lowest BCUT2D eigenvalue weighted by Gasteiger charge is -2.24. The highest BCUT2D eigenvalue weighted by Crippen LogP contribution is 2.42. The van der Waals surface area contributed by atoms with Crippen molar-refractivity contribution in [2.24, 2.45) is 0 Å². The van der Waals surface area contributed by atoms with Crippen molar-refractivity contribution in [3.8, 4) is 0 Å². The van der Waals surface area contributed by atoms with Gasteiger partial charge in [0.25, 0.3) is 0 Å². The number of halogens is 12. The smallest absolute Gasteiger partial charge is 0.369 e. The molecular formula is C12H10F12O. The van der Waals surface area contributed by atoms with Gasteiger partial charge in [-0.05, 0) is 12.2 Å². The lowest BCUT2D eigenvalue weighted by atomic mass is 10.1. The lowest BCUT2D eigenvalue weighted by Crippen LogP contribution is -2.45. The van der Waals surface area contributed by atoms with Gasteiger partial charge in [-0.3, -0.25) is 0 Å². The lowest BCUT2D eigenvalue weighted by molar-refractivity contribution is -0.261. The van der Waals surface area contributed by atoms with Gasteiger partial charge in [0.05, 0.1) is 12.5 Å². The average Bonchev–Trinajstić information content (AvgIpc) is 2.45. The SMILES string of the molecule is FC(F)C(F)(F)C(F)(F)CC=COC=CCC(F)(F)C(F)(F)C(F)F. The van der Waals surface area contributed by atoms with Gasteiger partial charge in [-0.15, -0.1) is 0 Å². The zero-order chi connectivity index (χ0) is 20.1. The molecule has 0 aromatic carbocycles. The van der Waals surface area contributed by atoms with Gasteiger partial charge in [0.15, 0.2) is 0 Å². The Balaban J connectivity index is 4.54. The van der Waals surface area contributed by atoms with Gasteiger partial charge in [-0.2, -0.15) is 35.1 Å². The van der Waals surface area contributed by atoms with E-state index in [4.69, 9.17) is 0 Å². The Morgan fingerprint density at radius 3 is 1.12 bits per heavy atom. The molecule has 0 saturated heterocycles. The molecule has 0 aliphatic carbocycles. The van der Waals surface area contributed by atoms with Crippen LogP contribution in [-0.2, 0) is 4.74 Å². The van der Waals surface area contributed by atoms with Gasteiger partial charge in [0.1, 0.15) is 0 Å². The molecule has 0 amide bonds. The van der Waals surface area contributed by atoms with Crippen molar-refractivity contribution < 1.29 is 57.4 Å². The fraction of sp³-hybridized carbons (Fsp3) is 0.667. The monoisotopic (exact) mass is 398 g/mol. The van der Waals surface area contributed by atoms with E-state index in [0.717, 1.165) is 0 Å². The zero-order valence-corrected chi connectivity index (χ0v) is 11.8. The average molecular weight is 398 g/mol. The number of hydrogen-bond acceptors (Lipinski definition) is 1. The van der Waals surface area contributed by atoms with Crippen LogP contribution in [0.3, 0.4) is 0 Å².